The monoisotopic (exact) mass is 1910 g/mol. The molecular weight excluding hydrogens is 1790 g/mol. The van der Waals surface area contributed by atoms with E-state index in [0.29, 0.717) is 50.2 Å². The number of carbonyl (C=O) groups excluding carboxylic acids is 7. The number of thioether (sulfide) groups is 2. The maximum absolute atomic E-state index is 13.0. The molecule has 0 atom stereocenters. The van der Waals surface area contributed by atoms with Crippen LogP contribution in [0.25, 0.3) is 66.1 Å². The lowest BCUT2D eigenvalue weighted by Crippen LogP contribution is -2.14. The second kappa shape index (κ2) is 45.3. The number of hydrogen-bond donors (Lipinski definition) is 0. The summed E-state index contributed by atoms with van der Waals surface area (Å²) in [5.74, 6) is -0.000652. The zero-order valence-electron chi connectivity index (χ0n) is 69.1. The van der Waals surface area contributed by atoms with E-state index in [1.807, 2.05) is 99.0 Å². The number of benzene rings is 3. The van der Waals surface area contributed by atoms with Crippen molar-refractivity contribution in [3.63, 3.8) is 0 Å². The standard InChI is InChI=1S/C30H36ClN5O4S.C23H25Cl2N3O4.C23H25ClIN3O4.C9H14N2OS.4CH4/c1-6-20-15-19(32-34(20)3)16-41-17-22-28(24-9-7-8-13-36(24)33-22)27-21(31)10-11-23-26(27)18(2)29(30(38)40-5)35(23)14-12-25(37)39-4;1-13-19-16(27(11-9-18(29)31-2)22(13)23(30)32-3)8-7-14(25)20(19)21-15(12-24)26-28-10-5-4-6-17(21)28;1-13-19-16(27(11-9-18(29)31-2)22(13)23(30)32-3)8-7-14(24)20(19)21-15(12-25)26-28-10-5-4-6-17(21)28;1-4-9-5-8(10-11(9)3)6-13-7(2)12;;;;/h10-11,15H,6-9,12-14,16-17H2,1-5H3;2*7-8H,4-6,9-12H2,1-3H3;5H,4,6H2,1-3H3;4*1H4. The summed E-state index contributed by atoms with van der Waals surface area (Å²) < 4.78 is 46.1. The van der Waals surface area contributed by atoms with E-state index in [0.717, 1.165) is 217 Å². The quantitative estimate of drug-likeness (QED) is 0.0222. The fourth-order valence-corrected chi connectivity index (χ4v) is 19.2. The van der Waals surface area contributed by atoms with Crippen molar-refractivity contribution in [1.82, 2.24) is 62.6 Å². The number of carbonyl (C=O) groups is 7. The van der Waals surface area contributed by atoms with Crippen molar-refractivity contribution < 1.29 is 62.0 Å². The fourth-order valence-electron chi connectivity index (χ4n) is 16.4. The van der Waals surface area contributed by atoms with Gasteiger partial charge in [0.05, 0.1) is 96.3 Å². The molecule has 0 bridgehead atoms. The smallest absolute Gasteiger partial charge is 0.354 e. The van der Waals surface area contributed by atoms with Gasteiger partial charge in [0.1, 0.15) is 17.1 Å². The number of rotatable bonds is 25. The predicted molar refractivity (Wildman–Crippen MR) is 498 cm³/mol. The third-order valence-corrected chi connectivity index (χ3v) is 25.6. The average Bonchev–Trinajstić information content (AvgIpc) is 1.58. The maximum atomic E-state index is 13.0. The maximum Gasteiger partial charge on any atom is 0.354 e. The summed E-state index contributed by atoms with van der Waals surface area (Å²) in [5, 5.41) is 28.2. The number of aryl methyl sites for hydroxylation is 13. The largest absolute Gasteiger partial charge is 0.469 e. The molecule has 0 radical (unpaired) electrons. The summed E-state index contributed by atoms with van der Waals surface area (Å²) in [6.45, 7) is 15.0. The highest BCUT2D eigenvalue weighted by Gasteiger charge is 2.34. The van der Waals surface area contributed by atoms with Crippen LogP contribution in [-0.2, 0) is 161 Å². The summed E-state index contributed by atoms with van der Waals surface area (Å²) >= 11 is 32.4. The van der Waals surface area contributed by atoms with Crippen LogP contribution in [0.4, 0.5) is 0 Å². The van der Waals surface area contributed by atoms with Gasteiger partial charge >= 0.3 is 35.8 Å². The molecule has 26 nitrogen and oxygen atoms in total. The van der Waals surface area contributed by atoms with Crippen LogP contribution < -0.4 is 0 Å². The van der Waals surface area contributed by atoms with Gasteiger partial charge in [0, 0.05) is 192 Å². The highest BCUT2D eigenvalue weighted by Crippen LogP contribution is 2.48. The second-order valence-electron chi connectivity index (χ2n) is 28.9. The van der Waals surface area contributed by atoms with Crippen molar-refractivity contribution in [2.24, 2.45) is 14.1 Å². The van der Waals surface area contributed by atoms with Crippen LogP contribution in [-0.4, -0.2) is 146 Å². The number of nitrogens with zero attached hydrogens (tertiary/aromatic N) is 13. The number of ether oxygens (including phenoxy) is 6. The van der Waals surface area contributed by atoms with Crippen LogP contribution in [0.5, 0.6) is 0 Å². The van der Waals surface area contributed by atoms with Gasteiger partial charge in [-0.1, -0.05) is 113 Å². The molecule has 0 saturated carbocycles. The summed E-state index contributed by atoms with van der Waals surface area (Å²) in [5.41, 5.74) is 22.3. The Hall–Kier alpha value is -8.59. The number of hydrogen-bond acceptors (Lipinski definition) is 20. The Labute approximate surface area is 757 Å². The van der Waals surface area contributed by atoms with Crippen LogP contribution in [0.1, 0.15) is 213 Å². The van der Waals surface area contributed by atoms with Gasteiger partial charge in [-0.15, -0.1) is 23.4 Å². The van der Waals surface area contributed by atoms with Gasteiger partial charge in [0.25, 0.3) is 0 Å². The van der Waals surface area contributed by atoms with E-state index < -0.39 is 17.9 Å². The van der Waals surface area contributed by atoms with Gasteiger partial charge in [-0.3, -0.25) is 42.6 Å². The van der Waals surface area contributed by atoms with E-state index in [-0.39, 0.29) is 91.0 Å². The van der Waals surface area contributed by atoms with E-state index in [4.69, 9.17) is 90.1 Å². The van der Waals surface area contributed by atoms with Gasteiger partial charge in [-0.2, -0.15) is 25.5 Å². The first-order valence-corrected chi connectivity index (χ1v) is 44.6. The van der Waals surface area contributed by atoms with Crippen LogP contribution in [0, 0.1) is 20.8 Å². The van der Waals surface area contributed by atoms with E-state index in [2.05, 4.69) is 68.1 Å². The van der Waals surface area contributed by atoms with Crippen molar-refractivity contribution >= 4 is 166 Å². The SMILES string of the molecule is C.C.C.C.CCc1cc(CSC(C)=O)nn1C.CCc1cc(CSCc2nn3c(c2-c2c(Cl)ccc4c2c(C)c(C(=O)OC)n4CCC(=O)OC)CCCC3)nn1C.COC(=O)CCn1c(C(=O)OC)c(C)c2c(-c3c(CCl)nn4c3CCCC4)c(Cl)ccc21.COC(=O)CCn1c(C(=O)OC)c(C)c2c(-c3c(CI)nn4c3CCCC4)c(Cl)ccc21. The molecule has 0 amide bonds. The molecule has 0 aliphatic carbocycles. The number of alkyl halides is 2. The first-order chi connectivity index (χ1) is 56.8. The van der Waals surface area contributed by atoms with Crippen LogP contribution in [0.2, 0.25) is 15.1 Å². The van der Waals surface area contributed by atoms with E-state index in [9.17, 15) is 33.6 Å². The topological polar surface area (TPSA) is 279 Å². The minimum absolute atomic E-state index is 0. The summed E-state index contributed by atoms with van der Waals surface area (Å²) in [6.07, 6.45) is 11.6. The van der Waals surface area contributed by atoms with E-state index in [1.54, 1.807) is 18.7 Å². The Kier molecular flexibility index (Phi) is 37.4. The molecule has 662 valence electrons. The number of esters is 6. The summed E-state index contributed by atoms with van der Waals surface area (Å²) in [7, 11) is 12.1. The molecule has 0 fully saturated rings. The Morgan fingerprint density at radius 2 is 0.770 bits per heavy atom. The lowest BCUT2D eigenvalue weighted by molar-refractivity contribution is -0.141. The van der Waals surface area contributed by atoms with Crippen molar-refractivity contribution in [1.29, 1.82) is 0 Å². The second-order valence-corrected chi connectivity index (χ2v) is 33.3. The highest BCUT2D eigenvalue weighted by atomic mass is 127. The lowest BCUT2D eigenvalue weighted by Gasteiger charge is -2.16. The zero-order chi connectivity index (χ0) is 85.1. The molecule has 0 spiro atoms. The van der Waals surface area contributed by atoms with Gasteiger partial charge in [0.15, 0.2) is 5.12 Å². The number of methoxy groups -OCH3 is 6. The molecule has 33 heteroatoms. The molecule has 3 aliphatic rings. The minimum Gasteiger partial charge on any atom is -0.469 e. The van der Waals surface area contributed by atoms with Crippen molar-refractivity contribution in [2.45, 2.75) is 228 Å². The molecule has 0 unspecified atom stereocenters. The van der Waals surface area contributed by atoms with Gasteiger partial charge in [-0.25, -0.2) is 14.4 Å². The Balaban J connectivity index is 0.000000232. The minimum atomic E-state index is -0.472. The van der Waals surface area contributed by atoms with Gasteiger partial charge in [-0.05, 0) is 157 Å². The first-order valence-electron chi connectivity index (χ1n) is 39.3. The predicted octanol–water partition coefficient (Wildman–Crippen LogP) is 20.2. The molecule has 0 N–H and O–H groups in total. The normalized spacial score (nSPS) is 12.5. The fraction of sp³-hybridized carbons (Fsp3) is 0.483. The Morgan fingerprint density at radius 1 is 0.443 bits per heavy atom. The molecule has 3 aromatic carbocycles. The number of halogens is 5. The first kappa shape index (κ1) is 101. The van der Waals surface area contributed by atoms with Crippen LogP contribution in [0.3, 0.4) is 0 Å². The third-order valence-electron chi connectivity index (χ3n) is 21.9. The van der Waals surface area contributed by atoms with E-state index in [1.165, 1.54) is 77.2 Å². The molecule has 8 aromatic heterocycles. The molecule has 11 aromatic rings. The summed E-state index contributed by atoms with van der Waals surface area (Å²) in [6, 6.07) is 15.4. The molecule has 14 rings (SSSR count). The van der Waals surface area contributed by atoms with Crippen molar-refractivity contribution in [2.75, 3.05) is 42.7 Å². The third kappa shape index (κ3) is 21.1. The number of aromatic nitrogens is 13. The van der Waals surface area contributed by atoms with E-state index >= 15 is 0 Å². The van der Waals surface area contributed by atoms with Gasteiger partial charge in [0.2, 0.25) is 0 Å². The molecule has 3 aliphatic heterocycles. The molecular formula is C89H116Cl4IN13O13S2. The number of fused-ring (bicyclic) bond motifs is 6. The molecule has 0 saturated heterocycles. The molecule has 11 heterocycles. The van der Waals surface area contributed by atoms with Crippen molar-refractivity contribution in [3.05, 3.63) is 154 Å². The van der Waals surface area contributed by atoms with Gasteiger partial charge < -0.3 is 42.1 Å². The Morgan fingerprint density at radius 3 is 1.08 bits per heavy atom. The van der Waals surface area contributed by atoms with Crippen molar-refractivity contribution in [3.8, 4) is 33.4 Å². The highest BCUT2D eigenvalue weighted by molar-refractivity contribution is 14.1. The van der Waals surface area contributed by atoms with Crippen LogP contribution >= 0.6 is 92.5 Å². The summed E-state index contributed by atoms with van der Waals surface area (Å²) in [4.78, 5) is 85.0. The lowest BCUT2D eigenvalue weighted by atomic mass is 9.94. The van der Waals surface area contributed by atoms with Crippen LogP contribution in [0.15, 0.2) is 48.5 Å². The Bertz CT molecular complexity index is 5440. The average molecular weight is 1910 g/mol. The molecule has 122 heavy (non-hydrogen) atoms. The zero-order valence-corrected chi connectivity index (χ0v) is 75.9.